The van der Waals surface area contributed by atoms with E-state index in [4.69, 9.17) is 9.47 Å². The van der Waals surface area contributed by atoms with E-state index in [9.17, 15) is 4.79 Å². The van der Waals surface area contributed by atoms with Crippen molar-refractivity contribution in [2.75, 3.05) is 6.61 Å². The number of unbranched alkanes of at least 4 members (excludes halogenated alkanes) is 7. The number of carbonyl (C=O) groups is 1. The van der Waals surface area contributed by atoms with Gasteiger partial charge in [-0.05, 0) is 79.1 Å². The molecular weight excluding hydrogens is 434 g/mol. The molecule has 4 heteroatoms. The monoisotopic (exact) mass is 471 g/mol. The molecular formula is C31H37NO3. The highest BCUT2D eigenvalue weighted by molar-refractivity contribution is 5.91. The minimum absolute atomic E-state index is 0.388. The summed E-state index contributed by atoms with van der Waals surface area (Å²) in [7, 11) is 0. The van der Waals surface area contributed by atoms with Crippen LogP contribution in [0.1, 0.15) is 79.8 Å². The Morgan fingerprint density at radius 2 is 1.40 bits per heavy atom. The highest BCUT2D eigenvalue weighted by atomic mass is 16.5. The second-order valence-electron chi connectivity index (χ2n) is 8.85. The molecule has 0 heterocycles. The van der Waals surface area contributed by atoms with Crippen molar-refractivity contribution < 1.29 is 14.3 Å². The number of esters is 1. The van der Waals surface area contributed by atoms with Crippen LogP contribution in [-0.4, -0.2) is 18.8 Å². The molecule has 4 nitrogen and oxygen atoms in total. The van der Waals surface area contributed by atoms with Crippen molar-refractivity contribution in [1.82, 2.24) is 0 Å². The van der Waals surface area contributed by atoms with E-state index in [1.165, 1.54) is 44.9 Å². The van der Waals surface area contributed by atoms with Crippen LogP contribution in [-0.2, 0) is 0 Å². The van der Waals surface area contributed by atoms with Gasteiger partial charge in [0, 0.05) is 6.21 Å². The van der Waals surface area contributed by atoms with Crippen molar-refractivity contribution in [3.8, 4) is 11.5 Å². The number of rotatable bonds is 14. The van der Waals surface area contributed by atoms with Crippen LogP contribution in [0.4, 0.5) is 5.69 Å². The summed E-state index contributed by atoms with van der Waals surface area (Å²) in [5.74, 6) is 0.890. The van der Waals surface area contributed by atoms with Crippen LogP contribution in [0.2, 0.25) is 0 Å². The second-order valence-corrected chi connectivity index (χ2v) is 8.85. The Hall–Kier alpha value is -3.40. The lowest BCUT2D eigenvalue weighted by molar-refractivity contribution is 0.0734. The Kier molecular flexibility index (Phi) is 11.1. The molecule has 0 saturated heterocycles. The fourth-order valence-corrected chi connectivity index (χ4v) is 3.75. The normalized spacial score (nSPS) is 11.0. The first-order valence-electron chi connectivity index (χ1n) is 12.8. The van der Waals surface area contributed by atoms with Crippen LogP contribution in [0.5, 0.6) is 11.5 Å². The Morgan fingerprint density at radius 3 is 2.09 bits per heavy atom. The van der Waals surface area contributed by atoms with Crippen molar-refractivity contribution >= 4 is 17.9 Å². The number of carbonyl (C=O) groups excluding carboxylic acids is 1. The Morgan fingerprint density at radius 1 is 0.771 bits per heavy atom. The number of aliphatic imine (C=N–C) groups is 1. The summed E-state index contributed by atoms with van der Waals surface area (Å²) in [6.45, 7) is 4.99. The number of aryl methyl sites for hydroxylation is 1. The summed E-state index contributed by atoms with van der Waals surface area (Å²) in [5.41, 5.74) is 3.49. The largest absolute Gasteiger partial charge is 0.494 e. The molecule has 0 aromatic heterocycles. The molecule has 0 radical (unpaired) electrons. The summed E-state index contributed by atoms with van der Waals surface area (Å²) < 4.78 is 11.3. The van der Waals surface area contributed by atoms with Crippen molar-refractivity contribution in [2.45, 2.75) is 65.2 Å². The number of hydrogen-bond donors (Lipinski definition) is 0. The number of hydrogen-bond acceptors (Lipinski definition) is 4. The summed E-state index contributed by atoms with van der Waals surface area (Å²) >= 11 is 0. The third-order valence-corrected chi connectivity index (χ3v) is 5.92. The van der Waals surface area contributed by atoms with Gasteiger partial charge in [-0.1, -0.05) is 70.1 Å². The number of para-hydroxylation sites is 1. The third kappa shape index (κ3) is 9.40. The fourth-order valence-electron chi connectivity index (χ4n) is 3.75. The van der Waals surface area contributed by atoms with Gasteiger partial charge in [0.1, 0.15) is 11.5 Å². The quantitative estimate of drug-likeness (QED) is 0.102. The zero-order valence-corrected chi connectivity index (χ0v) is 21.0. The van der Waals surface area contributed by atoms with E-state index in [1.807, 2.05) is 55.5 Å². The van der Waals surface area contributed by atoms with Crippen molar-refractivity contribution in [2.24, 2.45) is 4.99 Å². The average Bonchev–Trinajstić information content (AvgIpc) is 2.88. The van der Waals surface area contributed by atoms with Gasteiger partial charge in [0.25, 0.3) is 0 Å². The van der Waals surface area contributed by atoms with Gasteiger partial charge in [-0.2, -0.15) is 0 Å². The molecule has 0 saturated carbocycles. The van der Waals surface area contributed by atoms with Crippen LogP contribution < -0.4 is 9.47 Å². The Labute approximate surface area is 210 Å². The van der Waals surface area contributed by atoms with Gasteiger partial charge >= 0.3 is 5.97 Å². The summed E-state index contributed by atoms with van der Waals surface area (Å²) in [6, 6.07) is 22.4. The zero-order valence-electron chi connectivity index (χ0n) is 21.0. The van der Waals surface area contributed by atoms with Crippen molar-refractivity contribution in [1.29, 1.82) is 0 Å². The van der Waals surface area contributed by atoms with Gasteiger partial charge in [-0.25, -0.2) is 4.79 Å². The zero-order chi connectivity index (χ0) is 24.7. The summed E-state index contributed by atoms with van der Waals surface area (Å²) in [6.07, 6.45) is 12.0. The van der Waals surface area contributed by atoms with Crippen LogP contribution >= 0.6 is 0 Å². The Balaban J connectivity index is 1.39. The van der Waals surface area contributed by atoms with Gasteiger partial charge in [0.2, 0.25) is 0 Å². The number of benzene rings is 3. The van der Waals surface area contributed by atoms with Gasteiger partial charge in [0.15, 0.2) is 0 Å². The van der Waals surface area contributed by atoms with Crippen molar-refractivity contribution in [3.63, 3.8) is 0 Å². The van der Waals surface area contributed by atoms with E-state index in [0.29, 0.717) is 17.9 Å². The number of ether oxygens (including phenoxy) is 2. The molecule has 0 aliphatic heterocycles. The van der Waals surface area contributed by atoms with E-state index < -0.39 is 0 Å². The maximum absolute atomic E-state index is 12.5. The van der Waals surface area contributed by atoms with Crippen LogP contribution in [0.15, 0.2) is 77.8 Å². The SMILES string of the molecule is CCCCCCCCCCOc1ccc(C(=O)Oc2ccc(C=Nc3ccccc3C)cc2)cc1. The lowest BCUT2D eigenvalue weighted by atomic mass is 10.1. The molecule has 0 bridgehead atoms. The van der Waals surface area contributed by atoms with E-state index in [2.05, 4.69) is 11.9 Å². The molecule has 0 unspecified atom stereocenters. The molecule has 3 aromatic rings. The molecule has 3 rings (SSSR count). The molecule has 3 aromatic carbocycles. The molecule has 0 aliphatic rings. The van der Waals surface area contributed by atoms with E-state index in [1.54, 1.807) is 30.5 Å². The molecule has 0 amide bonds. The van der Waals surface area contributed by atoms with E-state index >= 15 is 0 Å². The molecule has 0 N–H and O–H groups in total. The van der Waals surface area contributed by atoms with Crippen LogP contribution in [0.25, 0.3) is 0 Å². The fraction of sp³-hybridized carbons (Fsp3) is 0.355. The van der Waals surface area contributed by atoms with Gasteiger partial charge < -0.3 is 9.47 Å². The van der Waals surface area contributed by atoms with E-state index in [0.717, 1.165) is 29.0 Å². The topological polar surface area (TPSA) is 47.9 Å². The van der Waals surface area contributed by atoms with Crippen LogP contribution in [0.3, 0.4) is 0 Å². The maximum Gasteiger partial charge on any atom is 0.343 e. The highest BCUT2D eigenvalue weighted by Gasteiger charge is 2.09. The summed E-state index contributed by atoms with van der Waals surface area (Å²) in [4.78, 5) is 17.0. The molecule has 184 valence electrons. The van der Waals surface area contributed by atoms with Gasteiger partial charge in [0.05, 0.1) is 17.9 Å². The summed E-state index contributed by atoms with van der Waals surface area (Å²) in [5, 5.41) is 0. The van der Waals surface area contributed by atoms with Crippen LogP contribution in [0, 0.1) is 6.92 Å². The molecule has 35 heavy (non-hydrogen) atoms. The van der Waals surface area contributed by atoms with Crippen molar-refractivity contribution in [3.05, 3.63) is 89.5 Å². The Bertz CT molecular complexity index is 1060. The minimum atomic E-state index is -0.388. The lowest BCUT2D eigenvalue weighted by Crippen LogP contribution is -2.08. The van der Waals surface area contributed by atoms with E-state index in [-0.39, 0.29) is 5.97 Å². The number of nitrogens with zero attached hydrogens (tertiary/aromatic N) is 1. The molecule has 0 fully saturated rings. The predicted molar refractivity (Wildman–Crippen MR) is 144 cm³/mol. The first kappa shape index (κ1) is 26.2. The maximum atomic E-state index is 12.5. The minimum Gasteiger partial charge on any atom is -0.494 e. The van der Waals surface area contributed by atoms with Gasteiger partial charge in [-0.3, -0.25) is 4.99 Å². The molecule has 0 atom stereocenters. The standard InChI is InChI=1S/C31H37NO3/c1-3-4-5-6-7-8-9-12-23-34-28-21-17-27(18-22-28)31(33)35-29-19-15-26(16-20-29)24-32-30-14-11-10-13-25(30)2/h10-11,13-22,24H,3-9,12,23H2,1-2H3. The smallest absolute Gasteiger partial charge is 0.343 e. The van der Waals surface area contributed by atoms with Gasteiger partial charge in [-0.15, -0.1) is 0 Å². The lowest BCUT2D eigenvalue weighted by Gasteiger charge is -2.08. The highest BCUT2D eigenvalue weighted by Crippen LogP contribution is 2.19. The predicted octanol–water partition coefficient (Wildman–Crippen LogP) is 8.48. The second kappa shape index (κ2) is 14.8. The molecule has 0 spiro atoms. The average molecular weight is 472 g/mol. The third-order valence-electron chi connectivity index (χ3n) is 5.92. The molecule has 0 aliphatic carbocycles. The first-order valence-corrected chi connectivity index (χ1v) is 12.8. The first-order chi connectivity index (χ1) is 17.2.